The third-order valence-electron chi connectivity index (χ3n) is 3.74. The van der Waals surface area contributed by atoms with E-state index in [2.05, 4.69) is 20.5 Å². The zero-order valence-corrected chi connectivity index (χ0v) is 11.7. The van der Waals surface area contributed by atoms with Crippen molar-refractivity contribution in [3.8, 4) is 0 Å². The van der Waals surface area contributed by atoms with Gasteiger partial charge in [-0.05, 0) is 26.0 Å². The highest BCUT2D eigenvalue weighted by Crippen LogP contribution is 2.22. The van der Waals surface area contributed by atoms with Crippen LogP contribution in [0.1, 0.15) is 23.3 Å². The molecule has 8 nitrogen and oxygen atoms in total. The van der Waals surface area contributed by atoms with Gasteiger partial charge in [-0.3, -0.25) is 9.48 Å². The maximum atomic E-state index is 12.2. The van der Waals surface area contributed by atoms with Gasteiger partial charge in [-0.2, -0.15) is 5.10 Å². The highest BCUT2D eigenvalue weighted by Gasteiger charge is 2.40. The van der Waals surface area contributed by atoms with E-state index in [1.807, 2.05) is 7.05 Å². The number of nitrogens with one attached hydrogen (secondary N) is 1. The molecule has 1 aliphatic heterocycles. The van der Waals surface area contributed by atoms with Crippen LogP contribution in [0.25, 0.3) is 0 Å². The number of nitrogens with two attached hydrogens (primary N) is 1. The smallest absolute Gasteiger partial charge is 0.272 e. The van der Waals surface area contributed by atoms with Gasteiger partial charge in [0.2, 0.25) is 0 Å². The molecule has 0 radical (unpaired) electrons. The number of hydrogen-bond donors (Lipinski definition) is 3. The molecule has 1 fully saturated rings. The van der Waals surface area contributed by atoms with Gasteiger partial charge in [0.05, 0.1) is 0 Å². The van der Waals surface area contributed by atoms with Gasteiger partial charge in [0.15, 0.2) is 5.84 Å². The first-order chi connectivity index (χ1) is 9.47. The van der Waals surface area contributed by atoms with Crippen molar-refractivity contribution in [3.05, 3.63) is 18.0 Å². The normalized spacial score (nSPS) is 19.8. The lowest BCUT2D eigenvalue weighted by molar-refractivity contribution is 0.0880. The number of carbonyl (C=O) groups excluding carboxylic acids is 1. The maximum Gasteiger partial charge on any atom is 0.272 e. The fourth-order valence-corrected chi connectivity index (χ4v) is 2.36. The summed E-state index contributed by atoms with van der Waals surface area (Å²) < 4.78 is 1.56. The van der Waals surface area contributed by atoms with Gasteiger partial charge in [-0.15, -0.1) is 0 Å². The topological polar surface area (TPSA) is 109 Å². The van der Waals surface area contributed by atoms with Crippen LogP contribution in [0.15, 0.2) is 17.4 Å². The Kier molecular flexibility index (Phi) is 3.93. The summed E-state index contributed by atoms with van der Waals surface area (Å²) in [5, 5.41) is 19.0. The SMILES string of the molecule is CN1CCC(NC(=O)c2ccn(C)n2)(/C(N)=N/O)CC1. The standard InChI is InChI=1S/C12H20N6O2/c1-17-7-4-12(5-8-17,11(13)16-20)14-10(19)9-3-6-18(2)15-9/h3,6,20H,4-5,7-8H2,1-2H3,(H2,13,16)(H,14,19). The molecule has 0 spiro atoms. The number of nitrogens with zero attached hydrogens (tertiary/aromatic N) is 4. The van der Waals surface area contributed by atoms with Crippen LogP contribution in [0.5, 0.6) is 0 Å². The van der Waals surface area contributed by atoms with Gasteiger partial charge in [0.1, 0.15) is 11.2 Å². The Labute approximate surface area is 117 Å². The number of amides is 1. The molecule has 0 saturated carbocycles. The van der Waals surface area contributed by atoms with Crippen molar-refractivity contribution in [2.45, 2.75) is 18.4 Å². The molecule has 4 N–H and O–H groups in total. The predicted octanol–water partition coefficient (Wildman–Crippen LogP) is -0.639. The van der Waals surface area contributed by atoms with Crippen molar-refractivity contribution < 1.29 is 10.0 Å². The molecule has 0 bridgehead atoms. The van der Waals surface area contributed by atoms with Crippen molar-refractivity contribution in [3.63, 3.8) is 0 Å². The Morgan fingerprint density at radius 1 is 1.50 bits per heavy atom. The summed E-state index contributed by atoms with van der Waals surface area (Å²) in [5.41, 5.74) is 5.31. The lowest BCUT2D eigenvalue weighted by Gasteiger charge is -2.39. The lowest BCUT2D eigenvalue weighted by Crippen LogP contribution is -2.62. The summed E-state index contributed by atoms with van der Waals surface area (Å²) in [6.45, 7) is 1.53. The van der Waals surface area contributed by atoms with Crippen molar-refractivity contribution >= 4 is 11.7 Å². The van der Waals surface area contributed by atoms with Crippen LogP contribution in [0.2, 0.25) is 0 Å². The molecule has 0 atom stereocenters. The Morgan fingerprint density at radius 3 is 2.65 bits per heavy atom. The second kappa shape index (κ2) is 5.49. The first-order valence-corrected chi connectivity index (χ1v) is 6.45. The fourth-order valence-electron chi connectivity index (χ4n) is 2.36. The Morgan fingerprint density at radius 2 is 2.15 bits per heavy atom. The van der Waals surface area contributed by atoms with E-state index in [-0.39, 0.29) is 11.7 Å². The van der Waals surface area contributed by atoms with Gasteiger partial charge in [-0.1, -0.05) is 5.16 Å². The molecule has 8 heteroatoms. The van der Waals surface area contributed by atoms with Gasteiger partial charge in [-0.25, -0.2) is 0 Å². The van der Waals surface area contributed by atoms with Gasteiger partial charge < -0.3 is 21.2 Å². The fraction of sp³-hybridized carbons (Fsp3) is 0.583. The van der Waals surface area contributed by atoms with E-state index < -0.39 is 5.54 Å². The quantitative estimate of drug-likeness (QED) is 0.295. The molecule has 1 amide bonds. The van der Waals surface area contributed by atoms with E-state index in [1.54, 1.807) is 24.0 Å². The average molecular weight is 280 g/mol. The number of amidine groups is 1. The average Bonchev–Trinajstić information content (AvgIpc) is 2.87. The highest BCUT2D eigenvalue weighted by atomic mass is 16.4. The van der Waals surface area contributed by atoms with Crippen molar-refractivity contribution in [2.75, 3.05) is 20.1 Å². The minimum absolute atomic E-state index is 0.0369. The summed E-state index contributed by atoms with van der Waals surface area (Å²) in [5.74, 6) is -0.281. The number of rotatable bonds is 3. The first kappa shape index (κ1) is 14.3. The number of aryl methyl sites for hydroxylation is 1. The van der Waals surface area contributed by atoms with E-state index in [1.165, 1.54) is 0 Å². The summed E-state index contributed by atoms with van der Waals surface area (Å²) in [6, 6.07) is 1.63. The molecule has 110 valence electrons. The summed E-state index contributed by atoms with van der Waals surface area (Å²) >= 11 is 0. The number of carbonyl (C=O) groups is 1. The van der Waals surface area contributed by atoms with Gasteiger partial charge in [0.25, 0.3) is 5.91 Å². The molecular weight excluding hydrogens is 260 g/mol. The van der Waals surface area contributed by atoms with Crippen LogP contribution >= 0.6 is 0 Å². The third kappa shape index (κ3) is 2.74. The lowest BCUT2D eigenvalue weighted by atomic mass is 9.86. The minimum Gasteiger partial charge on any atom is -0.409 e. The van der Waals surface area contributed by atoms with Crippen LogP contribution < -0.4 is 11.1 Å². The Bertz CT molecular complexity index is 516. The molecule has 1 saturated heterocycles. The van der Waals surface area contributed by atoms with E-state index in [9.17, 15) is 4.79 Å². The number of piperidine rings is 1. The molecule has 0 aliphatic carbocycles. The number of likely N-dealkylation sites (tertiary alicyclic amines) is 1. The Hall–Kier alpha value is -2.09. The predicted molar refractivity (Wildman–Crippen MR) is 73.5 cm³/mol. The maximum absolute atomic E-state index is 12.2. The van der Waals surface area contributed by atoms with Crippen molar-refractivity contribution in [1.29, 1.82) is 0 Å². The van der Waals surface area contributed by atoms with Crippen LogP contribution in [0.4, 0.5) is 0 Å². The number of oxime groups is 1. The molecule has 2 heterocycles. The van der Waals surface area contributed by atoms with E-state index in [0.29, 0.717) is 18.5 Å². The molecule has 2 rings (SSSR count). The largest absolute Gasteiger partial charge is 0.409 e. The monoisotopic (exact) mass is 280 g/mol. The zero-order chi connectivity index (χ0) is 14.8. The van der Waals surface area contributed by atoms with E-state index in [4.69, 9.17) is 10.9 Å². The van der Waals surface area contributed by atoms with Gasteiger partial charge in [0, 0.05) is 26.3 Å². The van der Waals surface area contributed by atoms with Crippen LogP contribution in [0.3, 0.4) is 0 Å². The van der Waals surface area contributed by atoms with Gasteiger partial charge >= 0.3 is 0 Å². The third-order valence-corrected chi connectivity index (χ3v) is 3.74. The molecule has 1 aromatic rings. The summed E-state index contributed by atoms with van der Waals surface area (Å²) in [7, 11) is 3.74. The number of aromatic nitrogens is 2. The zero-order valence-electron chi connectivity index (χ0n) is 11.7. The molecular formula is C12H20N6O2. The molecule has 1 aromatic heterocycles. The Balaban J connectivity index is 2.18. The first-order valence-electron chi connectivity index (χ1n) is 6.45. The summed E-state index contributed by atoms with van der Waals surface area (Å²) in [4.78, 5) is 14.4. The second-order valence-electron chi connectivity index (χ2n) is 5.20. The van der Waals surface area contributed by atoms with Crippen molar-refractivity contribution in [2.24, 2.45) is 17.9 Å². The van der Waals surface area contributed by atoms with Crippen molar-refractivity contribution in [1.82, 2.24) is 20.0 Å². The van der Waals surface area contributed by atoms with E-state index in [0.717, 1.165) is 13.1 Å². The molecule has 20 heavy (non-hydrogen) atoms. The highest BCUT2D eigenvalue weighted by molar-refractivity contribution is 5.99. The van der Waals surface area contributed by atoms with E-state index >= 15 is 0 Å². The summed E-state index contributed by atoms with van der Waals surface area (Å²) in [6.07, 6.45) is 2.88. The van der Waals surface area contributed by atoms with Crippen LogP contribution in [0, 0.1) is 0 Å². The molecule has 1 aliphatic rings. The molecule has 0 unspecified atom stereocenters. The number of hydrogen-bond acceptors (Lipinski definition) is 5. The van der Waals surface area contributed by atoms with Crippen LogP contribution in [-0.2, 0) is 7.05 Å². The minimum atomic E-state index is -0.810. The van der Waals surface area contributed by atoms with Crippen LogP contribution in [-0.4, -0.2) is 57.3 Å². The second-order valence-corrected chi connectivity index (χ2v) is 5.20. The molecule has 0 aromatic carbocycles.